The lowest BCUT2D eigenvalue weighted by atomic mass is 9.87. The van der Waals surface area contributed by atoms with Gasteiger partial charge in [0.15, 0.2) is 46.8 Å². The topological polar surface area (TPSA) is 620 Å². The van der Waals surface area contributed by atoms with Gasteiger partial charge in [-0.05, 0) is 127 Å². The van der Waals surface area contributed by atoms with Crippen LogP contribution in [-0.2, 0) is 88.0 Å². The van der Waals surface area contributed by atoms with Crippen molar-refractivity contribution in [2.24, 2.45) is 108 Å². The van der Waals surface area contributed by atoms with Gasteiger partial charge in [0.25, 0.3) is 0 Å². The van der Waals surface area contributed by atoms with Crippen molar-refractivity contribution in [3.05, 3.63) is 84.5 Å². The Morgan fingerprint density at radius 1 is 0.406 bits per heavy atom. The predicted octanol–water partition coefficient (Wildman–Crippen LogP) is 6.79. The summed E-state index contributed by atoms with van der Waals surface area (Å²) in [6.45, 7) is 18.6. The van der Waals surface area contributed by atoms with E-state index < -0.39 is 126 Å². The molecular formula is C92H152N22O14. The molecule has 36 heteroatoms. The molecule has 0 aliphatic rings. The van der Waals surface area contributed by atoms with Crippen LogP contribution >= 0.6 is 0 Å². The molecule has 1 aromatic carbocycles. The Labute approximate surface area is 755 Å². The molecule has 0 bridgehead atoms. The Morgan fingerprint density at radius 3 is 1.24 bits per heavy atom. The Bertz CT molecular complexity index is 4080. The molecular weight excluding hydrogens is 1640 g/mol. The number of nitrogens with one attached hydrogen (secondary N) is 9. The second-order valence-corrected chi connectivity index (χ2v) is 35.3. The maximum Gasteiger partial charge on any atom is 0.224 e. The number of aromatic nitrogens is 6. The average molecular weight is 1790 g/mol. The number of likely N-dealkylation sites (N-methyl/N-ethyl adjacent to an activating group) is 1. The summed E-state index contributed by atoms with van der Waals surface area (Å²) in [6.07, 6.45) is 26.2. The number of phenolic OH excluding ortho intramolecular Hbond substituents is 1. The molecule has 6 amide bonds. The summed E-state index contributed by atoms with van der Waals surface area (Å²) in [5.41, 5.74) is 41.8. The molecule has 0 saturated carbocycles. The number of carbonyl (C=O) groups excluding carboxylic acids is 13. The van der Waals surface area contributed by atoms with Crippen LogP contribution in [0.3, 0.4) is 0 Å². The molecule has 24 N–H and O–H groups in total. The molecule has 0 aliphatic carbocycles. The van der Waals surface area contributed by atoms with Crippen molar-refractivity contribution in [1.29, 1.82) is 0 Å². The fourth-order valence-corrected chi connectivity index (χ4v) is 15.1. The number of hydrogen-bond donors (Lipinski definition) is 17. The first-order chi connectivity index (χ1) is 60.8. The van der Waals surface area contributed by atoms with E-state index in [0.29, 0.717) is 36.2 Å². The second kappa shape index (κ2) is 62.2. The molecule has 0 spiro atoms. The molecule has 0 radical (unpaired) electrons. The van der Waals surface area contributed by atoms with Crippen molar-refractivity contribution >= 4 is 93.8 Å². The fraction of sp³-hybridized carbons (Fsp3) is 0.663. The summed E-state index contributed by atoms with van der Waals surface area (Å²) in [5.74, 6) is -11.4. The van der Waals surface area contributed by atoms with Gasteiger partial charge in [0.1, 0.15) is 17.3 Å². The summed E-state index contributed by atoms with van der Waals surface area (Å²) in [5, 5.41) is 27.1. The Hall–Kier alpha value is -11.1. The van der Waals surface area contributed by atoms with Crippen LogP contribution in [0.5, 0.6) is 5.75 Å². The summed E-state index contributed by atoms with van der Waals surface area (Å²) in [4.78, 5) is 211. The molecule has 0 aliphatic heterocycles. The van der Waals surface area contributed by atoms with Crippen LogP contribution in [-0.4, -0.2) is 192 Å². The van der Waals surface area contributed by atoms with Gasteiger partial charge in [-0.25, -0.2) is 15.0 Å². The van der Waals surface area contributed by atoms with Gasteiger partial charge in [-0.3, -0.25) is 77.3 Å². The molecule has 4 aromatic rings. The van der Waals surface area contributed by atoms with Gasteiger partial charge in [0.05, 0.1) is 61.2 Å². The molecule has 4 rings (SSSR count). The summed E-state index contributed by atoms with van der Waals surface area (Å²) in [7, 11) is 1.62. The van der Waals surface area contributed by atoms with E-state index in [9.17, 15) is 67.4 Å². The minimum atomic E-state index is -1.24. The van der Waals surface area contributed by atoms with Crippen LogP contribution in [0.2, 0.25) is 0 Å². The summed E-state index contributed by atoms with van der Waals surface area (Å²) >= 11 is 0. The number of primary amides is 1. The van der Waals surface area contributed by atoms with Gasteiger partial charge in [-0.1, -0.05) is 145 Å². The van der Waals surface area contributed by atoms with Gasteiger partial charge < -0.3 is 92.1 Å². The number of aromatic hydroxyl groups is 1. The van der Waals surface area contributed by atoms with E-state index in [4.69, 9.17) is 40.1 Å². The minimum absolute atomic E-state index is 0.00398. The molecule has 714 valence electrons. The van der Waals surface area contributed by atoms with Gasteiger partial charge >= 0.3 is 0 Å². The Kier molecular flexibility index (Phi) is 54.0. The van der Waals surface area contributed by atoms with Crippen molar-refractivity contribution in [1.82, 2.24) is 61.8 Å². The lowest BCUT2D eigenvalue weighted by Crippen LogP contribution is -2.49. The van der Waals surface area contributed by atoms with Crippen molar-refractivity contribution < 1.29 is 67.4 Å². The molecule has 0 saturated heterocycles. The molecule has 12 atom stereocenters. The zero-order valence-corrected chi connectivity index (χ0v) is 77.7. The third-order valence-electron chi connectivity index (χ3n) is 22.7. The van der Waals surface area contributed by atoms with E-state index in [2.05, 4.69) is 83.7 Å². The van der Waals surface area contributed by atoms with E-state index in [1.807, 2.05) is 41.5 Å². The van der Waals surface area contributed by atoms with Gasteiger partial charge in [0, 0.05) is 143 Å². The zero-order chi connectivity index (χ0) is 95.2. The number of aliphatic imine (C=N–C) groups is 3. The standard InChI is InChI=1S/C53H88N16O9.C39H64N6O5/c1-30(2)20-35(47(54)75)25-46(74)42(21-31(3)4)69-48(76)34(10-7-17-63-51(55)56)24-44(72)40(11-8-18-64-52(57)58)68-50(78)37(23-38-28-62-29-66-38)27-45(73)41(12-9-19-65-53(59)60)67-49(77)36(26-43(71)32(5)61-6)22-33-13-15-39(70)16-14-33;1-6-7-8-9-10-11-12-13-14-15-16-17-18-19-37(49)44-34(23-33-25-41-27-43-33)35(47)20-29(4)39(50)45-38(28(2)3)36(48)22-31(30(5)46)21-32-24-40-26-42-32/h13-16,28-32,34-37,40-42,61,70H,7-12,17-27H2,1-6H3,(H2,54,75)(H,62,66)(H,67,77)(H,68,78)(H,69,76)(H4,55,56,63)(H4,57,58,64)(H4,59,60,65);24-29,31,34,38H,6-23H2,1-5H3,(H,40,42)(H,41,43)(H,44,49)(H,45,50)/t32-,34+,35+,36+,37+,40-,41-,42-;29-,31-,34+,38+/m01/s1. The number of nitrogens with two attached hydrogens (primary N) is 7. The van der Waals surface area contributed by atoms with Crippen molar-refractivity contribution in [2.45, 2.75) is 311 Å². The number of H-pyrrole nitrogens is 3. The van der Waals surface area contributed by atoms with Crippen molar-refractivity contribution in [3.63, 3.8) is 0 Å². The average Bonchev–Trinajstić information content (AvgIpc) is 1.08. The summed E-state index contributed by atoms with van der Waals surface area (Å²) in [6, 6.07) is 0.558. The van der Waals surface area contributed by atoms with Crippen LogP contribution in [0.15, 0.2) is 76.8 Å². The first kappa shape index (κ1) is 111. The molecule has 3 aromatic heterocycles. The van der Waals surface area contributed by atoms with E-state index in [1.165, 1.54) is 108 Å². The zero-order valence-electron chi connectivity index (χ0n) is 77.7. The maximum absolute atomic E-state index is 14.7. The highest BCUT2D eigenvalue weighted by Gasteiger charge is 2.38. The van der Waals surface area contributed by atoms with E-state index >= 15 is 0 Å². The Morgan fingerprint density at radius 2 is 0.805 bits per heavy atom. The smallest absolute Gasteiger partial charge is 0.224 e. The van der Waals surface area contributed by atoms with Crippen LogP contribution in [0, 0.1) is 53.3 Å². The first-order valence-electron chi connectivity index (χ1n) is 45.8. The molecule has 0 unspecified atom stereocenters. The largest absolute Gasteiger partial charge is 0.508 e. The normalized spacial score (nSPS) is 14.1. The van der Waals surface area contributed by atoms with E-state index in [-0.39, 0.29) is 186 Å². The highest BCUT2D eigenvalue weighted by atomic mass is 16.3. The molecule has 36 nitrogen and oxygen atoms in total. The molecule has 0 fully saturated rings. The van der Waals surface area contributed by atoms with Gasteiger partial charge in [0.2, 0.25) is 35.4 Å². The van der Waals surface area contributed by atoms with Crippen LogP contribution in [0.25, 0.3) is 0 Å². The Balaban J connectivity index is 0.000000726. The lowest BCUT2D eigenvalue weighted by Gasteiger charge is -2.27. The third kappa shape index (κ3) is 47.1. The number of rotatable bonds is 69. The van der Waals surface area contributed by atoms with Crippen LogP contribution in [0.1, 0.15) is 272 Å². The number of carbonyl (C=O) groups is 13. The predicted molar refractivity (Wildman–Crippen MR) is 495 cm³/mol. The quantitative estimate of drug-likeness (QED) is 0.0123. The number of benzene rings is 1. The molecule has 128 heavy (non-hydrogen) atoms. The van der Waals surface area contributed by atoms with E-state index in [1.54, 1.807) is 45.4 Å². The fourth-order valence-electron chi connectivity index (χ4n) is 15.1. The maximum atomic E-state index is 14.7. The van der Waals surface area contributed by atoms with Crippen LogP contribution in [0.4, 0.5) is 0 Å². The minimum Gasteiger partial charge on any atom is -0.508 e. The number of phenols is 1. The SMILES string of the molecule is CCCCCCCCCCCCCCCC(=O)N[C@@H](Cc1cnc[nH]1)C(=O)C[C@@H](C)C(=O)N[C@H](C(=O)C[C@@H](Cc1cnc[nH]1)C(C)=O)C(C)C.CN[C@@H](C)C(=O)C[C@@H](Cc1ccc(O)cc1)C(=O)N[C@@H](CCCN=C(N)N)C(=O)C[C@@H](Cc1cnc[nH]1)C(=O)N[C@@H](CCCN=C(N)N)C(=O)C[C@@H](CCCN=C(N)N)C(=O)N[C@@H](CC(C)C)C(=O)C[C@@H](CC(C)C)C(N)=O. The number of guanidine groups is 3. The number of aromatic amines is 3. The number of unbranched alkanes of at least 4 members (excludes halogenated alkanes) is 12. The second-order valence-electron chi connectivity index (χ2n) is 35.3. The number of amides is 6. The van der Waals surface area contributed by atoms with Crippen LogP contribution < -0.4 is 72.0 Å². The van der Waals surface area contributed by atoms with E-state index in [0.717, 1.165) is 25.0 Å². The van der Waals surface area contributed by atoms with Gasteiger partial charge in [-0.15, -0.1) is 0 Å². The highest BCUT2D eigenvalue weighted by Crippen LogP contribution is 2.26. The summed E-state index contributed by atoms with van der Waals surface area (Å²) < 4.78 is 0. The number of imidazole rings is 3. The van der Waals surface area contributed by atoms with Gasteiger partial charge in [-0.2, -0.15) is 0 Å². The third-order valence-corrected chi connectivity index (χ3v) is 22.7. The number of hydrogen-bond acceptors (Lipinski definition) is 21. The number of Topliss-reactive ketones (excluding diaryl/α,β-unsaturated/α-hetero) is 7. The van der Waals surface area contributed by atoms with Crippen molar-refractivity contribution in [2.75, 3.05) is 26.7 Å². The lowest BCUT2D eigenvalue weighted by molar-refractivity contribution is -0.136. The highest BCUT2D eigenvalue weighted by molar-refractivity contribution is 5.99. The molecule has 3 heterocycles. The number of nitrogens with zero attached hydrogens (tertiary/aromatic N) is 6. The monoisotopic (exact) mass is 1790 g/mol. The number of ketones is 7. The first-order valence-corrected chi connectivity index (χ1v) is 45.8. The van der Waals surface area contributed by atoms with Crippen molar-refractivity contribution in [3.8, 4) is 5.75 Å².